The maximum absolute atomic E-state index is 12.4. The van der Waals surface area contributed by atoms with Gasteiger partial charge in [0.2, 0.25) is 0 Å². The van der Waals surface area contributed by atoms with Crippen LogP contribution in [0.5, 0.6) is 0 Å². The third kappa shape index (κ3) is 5.04. The van der Waals surface area contributed by atoms with E-state index in [-0.39, 0.29) is 24.3 Å². The van der Waals surface area contributed by atoms with E-state index >= 15 is 0 Å². The Bertz CT molecular complexity index is 584. The number of esters is 2. The zero-order valence-corrected chi connectivity index (χ0v) is 14.6. The minimum Gasteiger partial charge on any atom is -0.462 e. The summed E-state index contributed by atoms with van der Waals surface area (Å²) < 4.78 is 10.4. The normalized spacial score (nSPS) is 11.5. The lowest BCUT2D eigenvalue weighted by atomic mass is 9.83. The van der Waals surface area contributed by atoms with Crippen LogP contribution in [0, 0.1) is 15.5 Å². The van der Waals surface area contributed by atoms with Gasteiger partial charge in [-0.15, -0.1) is 0 Å². The highest BCUT2D eigenvalue weighted by Crippen LogP contribution is 2.28. The van der Waals surface area contributed by atoms with Crippen molar-refractivity contribution in [2.24, 2.45) is 5.41 Å². The van der Waals surface area contributed by atoms with Crippen LogP contribution in [0.3, 0.4) is 0 Å². The van der Waals surface area contributed by atoms with Gasteiger partial charge >= 0.3 is 11.9 Å². The van der Waals surface area contributed by atoms with E-state index in [1.54, 1.807) is 27.7 Å². The molecular formula is C17H23NO6. The zero-order chi connectivity index (χ0) is 18.5. The second-order valence-corrected chi connectivity index (χ2v) is 6.34. The number of hydrogen-bond acceptors (Lipinski definition) is 6. The molecule has 1 aromatic rings. The number of non-ortho nitro benzene ring substituents is 1. The molecule has 0 amide bonds. The summed E-state index contributed by atoms with van der Waals surface area (Å²) in [6.45, 7) is 8.23. The molecule has 7 nitrogen and oxygen atoms in total. The van der Waals surface area contributed by atoms with Crippen molar-refractivity contribution in [3.05, 3.63) is 39.9 Å². The van der Waals surface area contributed by atoms with Crippen molar-refractivity contribution in [2.45, 2.75) is 53.2 Å². The molecule has 1 aromatic carbocycles. The van der Waals surface area contributed by atoms with Crippen molar-refractivity contribution in [3.8, 4) is 0 Å². The van der Waals surface area contributed by atoms with E-state index in [2.05, 4.69) is 0 Å². The predicted molar refractivity (Wildman–Crippen MR) is 87.4 cm³/mol. The van der Waals surface area contributed by atoms with Crippen LogP contribution in [-0.4, -0.2) is 29.1 Å². The smallest absolute Gasteiger partial charge is 0.323 e. The van der Waals surface area contributed by atoms with Gasteiger partial charge in [0.25, 0.3) is 5.69 Å². The minimum absolute atomic E-state index is 0.0299. The van der Waals surface area contributed by atoms with E-state index in [0.29, 0.717) is 5.56 Å². The number of nitro groups is 1. The first-order valence-electron chi connectivity index (χ1n) is 7.71. The average Bonchev–Trinajstić information content (AvgIpc) is 2.46. The molecule has 0 unspecified atom stereocenters. The molecule has 0 spiro atoms. The monoisotopic (exact) mass is 337 g/mol. The summed E-state index contributed by atoms with van der Waals surface area (Å²) in [6.07, 6.45) is -0.719. The van der Waals surface area contributed by atoms with E-state index in [9.17, 15) is 19.7 Å². The molecule has 0 radical (unpaired) electrons. The highest BCUT2D eigenvalue weighted by Gasteiger charge is 2.45. The summed E-state index contributed by atoms with van der Waals surface area (Å²) in [6, 6.07) is 5.69. The fourth-order valence-corrected chi connectivity index (χ4v) is 2.06. The highest BCUT2D eigenvalue weighted by molar-refractivity contribution is 6.00. The van der Waals surface area contributed by atoms with Gasteiger partial charge in [0, 0.05) is 12.1 Å². The van der Waals surface area contributed by atoms with E-state index < -0.39 is 22.3 Å². The standard InChI is InChI=1S/C17H23NO6/c1-11(2)23-15(19)17(5,16(20)24-12(3)4)10-13-6-8-14(9-7-13)18(21)22/h6-9,11-12H,10H2,1-5H3. The maximum Gasteiger partial charge on any atom is 0.323 e. The van der Waals surface area contributed by atoms with Crippen LogP contribution in [0.25, 0.3) is 0 Å². The molecule has 132 valence electrons. The van der Waals surface area contributed by atoms with Crippen molar-refractivity contribution >= 4 is 17.6 Å². The van der Waals surface area contributed by atoms with Crippen molar-refractivity contribution < 1.29 is 24.0 Å². The number of carbonyl (C=O) groups excluding carboxylic acids is 2. The number of ether oxygens (including phenoxy) is 2. The summed E-state index contributed by atoms with van der Waals surface area (Å²) in [5.41, 5.74) is -0.982. The summed E-state index contributed by atoms with van der Waals surface area (Å²) >= 11 is 0. The van der Waals surface area contributed by atoms with E-state index in [4.69, 9.17) is 9.47 Å². The number of benzene rings is 1. The van der Waals surface area contributed by atoms with Crippen LogP contribution in [-0.2, 0) is 25.5 Å². The van der Waals surface area contributed by atoms with Gasteiger partial charge in [-0.1, -0.05) is 12.1 Å². The molecule has 7 heteroatoms. The molecule has 0 N–H and O–H groups in total. The Hall–Kier alpha value is -2.44. The fraction of sp³-hybridized carbons (Fsp3) is 0.529. The van der Waals surface area contributed by atoms with Crippen molar-refractivity contribution in [2.75, 3.05) is 0 Å². The lowest BCUT2D eigenvalue weighted by Gasteiger charge is -2.27. The SMILES string of the molecule is CC(C)OC(=O)C(C)(Cc1ccc([N+](=O)[O-])cc1)C(=O)OC(C)C. The van der Waals surface area contributed by atoms with Gasteiger partial charge < -0.3 is 9.47 Å². The van der Waals surface area contributed by atoms with Crippen molar-refractivity contribution in [3.63, 3.8) is 0 Å². The molecule has 0 heterocycles. The first-order chi connectivity index (χ1) is 11.1. The lowest BCUT2D eigenvalue weighted by molar-refractivity contribution is -0.384. The molecule has 0 saturated heterocycles. The number of carbonyl (C=O) groups is 2. The molecule has 0 aliphatic rings. The Morgan fingerprint density at radius 2 is 1.46 bits per heavy atom. The molecule has 0 atom stereocenters. The lowest BCUT2D eigenvalue weighted by Crippen LogP contribution is -2.43. The van der Waals surface area contributed by atoms with E-state index in [1.807, 2.05) is 0 Å². The zero-order valence-electron chi connectivity index (χ0n) is 14.6. The first-order valence-corrected chi connectivity index (χ1v) is 7.71. The molecule has 0 saturated carbocycles. The Morgan fingerprint density at radius 3 is 1.79 bits per heavy atom. The minimum atomic E-state index is -1.52. The quantitative estimate of drug-likeness (QED) is 0.328. The number of rotatable bonds is 7. The largest absolute Gasteiger partial charge is 0.462 e. The molecule has 0 aliphatic heterocycles. The summed E-state index contributed by atoms with van der Waals surface area (Å²) in [5.74, 6) is -1.36. The van der Waals surface area contributed by atoms with E-state index in [0.717, 1.165) is 0 Å². The van der Waals surface area contributed by atoms with Crippen molar-refractivity contribution in [1.29, 1.82) is 0 Å². The van der Waals surface area contributed by atoms with Crippen LogP contribution in [0.2, 0.25) is 0 Å². The van der Waals surface area contributed by atoms with Gasteiger partial charge in [0.15, 0.2) is 5.41 Å². The molecule has 0 bridgehead atoms. The average molecular weight is 337 g/mol. The summed E-state index contributed by atoms with van der Waals surface area (Å²) in [5, 5.41) is 10.7. The highest BCUT2D eigenvalue weighted by atomic mass is 16.6. The Balaban J connectivity index is 3.10. The summed E-state index contributed by atoms with van der Waals surface area (Å²) in [7, 11) is 0. The predicted octanol–water partition coefficient (Wildman–Crippen LogP) is 3.05. The van der Waals surface area contributed by atoms with Gasteiger partial charge in [-0.25, -0.2) is 0 Å². The van der Waals surface area contributed by atoms with E-state index in [1.165, 1.54) is 31.2 Å². The molecule has 24 heavy (non-hydrogen) atoms. The number of nitro benzene ring substituents is 1. The Labute approximate surface area is 141 Å². The molecule has 0 fully saturated rings. The maximum atomic E-state index is 12.4. The van der Waals surface area contributed by atoms with Gasteiger partial charge in [0.05, 0.1) is 17.1 Å². The molecule has 1 rings (SSSR count). The van der Waals surface area contributed by atoms with Gasteiger partial charge in [0.1, 0.15) is 0 Å². The topological polar surface area (TPSA) is 95.7 Å². The number of hydrogen-bond donors (Lipinski definition) is 0. The van der Waals surface area contributed by atoms with Crippen LogP contribution in [0.1, 0.15) is 40.2 Å². The van der Waals surface area contributed by atoms with Gasteiger partial charge in [-0.3, -0.25) is 19.7 Å². The molecule has 0 aliphatic carbocycles. The Kier molecular flexibility index (Phi) is 6.45. The van der Waals surface area contributed by atoms with Crippen LogP contribution >= 0.6 is 0 Å². The fourth-order valence-electron chi connectivity index (χ4n) is 2.06. The number of nitrogens with zero attached hydrogens (tertiary/aromatic N) is 1. The summed E-state index contributed by atoms with van der Waals surface area (Å²) in [4.78, 5) is 35.1. The second kappa shape index (κ2) is 7.90. The third-order valence-electron chi connectivity index (χ3n) is 3.29. The van der Waals surface area contributed by atoms with Crippen molar-refractivity contribution in [1.82, 2.24) is 0 Å². The Morgan fingerprint density at radius 1 is 1.04 bits per heavy atom. The second-order valence-electron chi connectivity index (χ2n) is 6.34. The molecular weight excluding hydrogens is 314 g/mol. The molecule has 0 aromatic heterocycles. The van der Waals surface area contributed by atoms with Gasteiger partial charge in [-0.2, -0.15) is 0 Å². The van der Waals surface area contributed by atoms with Crippen LogP contribution in [0.15, 0.2) is 24.3 Å². The first kappa shape index (κ1) is 19.6. The van der Waals surface area contributed by atoms with Crippen LogP contribution in [0.4, 0.5) is 5.69 Å². The van der Waals surface area contributed by atoms with Gasteiger partial charge in [-0.05, 0) is 46.6 Å². The van der Waals surface area contributed by atoms with Crippen LogP contribution < -0.4 is 0 Å². The third-order valence-corrected chi connectivity index (χ3v) is 3.29.